The summed E-state index contributed by atoms with van der Waals surface area (Å²) in [7, 11) is 0. The van der Waals surface area contributed by atoms with Crippen LogP contribution in [-0.4, -0.2) is 46.9 Å². The molecule has 0 N–H and O–H groups in total. The molecule has 1 unspecified atom stereocenters. The van der Waals surface area contributed by atoms with Gasteiger partial charge in [-0.25, -0.2) is 17.6 Å². The number of pyridine rings is 1. The second-order valence-corrected chi connectivity index (χ2v) is 8.32. The Balaban J connectivity index is 1.52. The number of alkyl halides is 7. The highest BCUT2D eigenvalue weighted by atomic mass is 19.4. The van der Waals surface area contributed by atoms with Crippen molar-refractivity contribution in [3.05, 3.63) is 64.7 Å². The van der Waals surface area contributed by atoms with E-state index in [2.05, 4.69) is 15.0 Å². The molecule has 194 valence electrons. The molecular weight excluding hydrogens is 516 g/mol. The predicted molar refractivity (Wildman–Crippen MR) is 101 cm³/mol. The first-order valence-electron chi connectivity index (χ1n) is 10.0. The van der Waals surface area contributed by atoms with Crippen molar-refractivity contribution in [2.45, 2.75) is 36.5 Å². The first kappa shape index (κ1) is 25.7. The molecule has 3 heterocycles. The molecule has 1 fully saturated rings. The lowest BCUT2D eigenvalue weighted by Gasteiger charge is -2.44. The summed E-state index contributed by atoms with van der Waals surface area (Å²) in [6.07, 6.45) is -11.9. The highest BCUT2D eigenvalue weighted by molar-refractivity contribution is 6.01. The minimum atomic E-state index is -5.25. The molecule has 2 aliphatic heterocycles. The summed E-state index contributed by atoms with van der Waals surface area (Å²) in [5.41, 5.74) is -7.43. The standard InChI is InChI=1S/C21H13F10N3O2/c22-12-3-11(4-13(23)17(12)24)19(21(29,30)31)5-14(33-36-19)10-1-2-15(32-7-10)18(25)8-34(9-18)16(35)6-20(26,27)28/h1-4,7H,5-6,8-9H2. The third-order valence-electron chi connectivity index (χ3n) is 5.78. The quantitative estimate of drug-likeness (QED) is 0.412. The van der Waals surface area contributed by atoms with Gasteiger partial charge < -0.3 is 9.74 Å². The van der Waals surface area contributed by atoms with E-state index in [1.165, 1.54) is 0 Å². The summed E-state index contributed by atoms with van der Waals surface area (Å²) in [5.74, 6) is -7.02. The second kappa shape index (κ2) is 8.34. The van der Waals surface area contributed by atoms with Crippen molar-refractivity contribution in [2.24, 2.45) is 5.16 Å². The number of aromatic nitrogens is 1. The number of hydrogen-bond acceptors (Lipinski definition) is 4. The molecule has 4 rings (SSSR count). The van der Waals surface area contributed by atoms with Crippen LogP contribution in [0, 0.1) is 17.5 Å². The first-order valence-corrected chi connectivity index (χ1v) is 10.0. The zero-order chi connectivity index (χ0) is 26.7. The van der Waals surface area contributed by atoms with Crippen molar-refractivity contribution >= 4 is 11.6 Å². The van der Waals surface area contributed by atoms with Crippen molar-refractivity contribution in [1.29, 1.82) is 0 Å². The Morgan fingerprint density at radius 2 is 1.64 bits per heavy atom. The van der Waals surface area contributed by atoms with E-state index in [-0.39, 0.29) is 29.1 Å². The van der Waals surface area contributed by atoms with Gasteiger partial charge in [0, 0.05) is 17.3 Å². The zero-order valence-corrected chi connectivity index (χ0v) is 17.7. The molecule has 0 bridgehead atoms. The van der Waals surface area contributed by atoms with Gasteiger partial charge in [-0.1, -0.05) is 5.16 Å². The van der Waals surface area contributed by atoms with Gasteiger partial charge in [0.25, 0.3) is 5.60 Å². The number of carbonyl (C=O) groups excluding carboxylic acids is 1. The van der Waals surface area contributed by atoms with E-state index in [0.717, 1.165) is 18.3 Å². The molecule has 2 aromatic rings. The summed E-state index contributed by atoms with van der Waals surface area (Å²) in [4.78, 5) is 20.6. The minimum Gasteiger partial charge on any atom is -0.374 e. The van der Waals surface area contributed by atoms with Gasteiger partial charge in [-0.3, -0.25) is 9.78 Å². The Morgan fingerprint density at radius 3 is 2.14 bits per heavy atom. The van der Waals surface area contributed by atoms with Crippen LogP contribution in [0.1, 0.15) is 29.7 Å². The number of carbonyl (C=O) groups is 1. The van der Waals surface area contributed by atoms with E-state index >= 15 is 0 Å². The normalized spacial score (nSPS) is 21.6. The summed E-state index contributed by atoms with van der Waals surface area (Å²) < 4.78 is 134. The molecule has 1 aromatic heterocycles. The highest BCUT2D eigenvalue weighted by Gasteiger charge is 2.62. The molecule has 1 atom stereocenters. The number of amides is 1. The maximum absolute atomic E-state index is 15.0. The molecule has 0 aliphatic carbocycles. The number of oxime groups is 1. The predicted octanol–water partition coefficient (Wildman–Crippen LogP) is 5.04. The van der Waals surface area contributed by atoms with Crippen LogP contribution in [-0.2, 0) is 20.9 Å². The smallest absolute Gasteiger partial charge is 0.374 e. The Labute approximate surface area is 195 Å². The lowest BCUT2D eigenvalue weighted by molar-refractivity contribution is -0.276. The molecule has 15 heteroatoms. The van der Waals surface area contributed by atoms with Gasteiger partial charge in [0.15, 0.2) is 23.1 Å². The van der Waals surface area contributed by atoms with Gasteiger partial charge in [-0.05, 0) is 24.3 Å². The fourth-order valence-corrected chi connectivity index (χ4v) is 3.86. The van der Waals surface area contributed by atoms with Crippen LogP contribution < -0.4 is 0 Å². The van der Waals surface area contributed by atoms with E-state index in [1.807, 2.05) is 0 Å². The first-order chi connectivity index (χ1) is 16.5. The van der Waals surface area contributed by atoms with E-state index in [1.54, 1.807) is 0 Å². The van der Waals surface area contributed by atoms with Crippen LogP contribution in [0.4, 0.5) is 43.9 Å². The van der Waals surface area contributed by atoms with Crippen molar-refractivity contribution in [3.63, 3.8) is 0 Å². The molecule has 0 spiro atoms. The lowest BCUT2D eigenvalue weighted by Crippen LogP contribution is -2.59. The second-order valence-electron chi connectivity index (χ2n) is 8.32. The molecular formula is C21H13F10N3O2. The molecule has 5 nitrogen and oxygen atoms in total. The van der Waals surface area contributed by atoms with Crippen LogP contribution in [0.5, 0.6) is 0 Å². The van der Waals surface area contributed by atoms with E-state index in [0.29, 0.717) is 4.90 Å². The SMILES string of the molecule is O=C(CC(F)(F)F)N1CC(F)(c2ccc(C3=NOC(c4cc(F)c(F)c(F)c4)(C(F)(F)F)C3)cn2)C1. The summed E-state index contributed by atoms with van der Waals surface area (Å²) in [6, 6.07) is 2.45. The van der Waals surface area contributed by atoms with Gasteiger partial charge in [-0.2, -0.15) is 26.3 Å². The van der Waals surface area contributed by atoms with Crippen molar-refractivity contribution < 1.29 is 53.5 Å². The molecule has 36 heavy (non-hydrogen) atoms. The van der Waals surface area contributed by atoms with E-state index < -0.39 is 78.5 Å². The van der Waals surface area contributed by atoms with E-state index in [9.17, 15) is 48.7 Å². The number of rotatable bonds is 4. The molecule has 1 aromatic carbocycles. The average molecular weight is 529 g/mol. The number of halogens is 10. The van der Waals surface area contributed by atoms with Crippen LogP contribution in [0.2, 0.25) is 0 Å². The largest absolute Gasteiger partial charge is 0.435 e. The Hall–Kier alpha value is -3.39. The Morgan fingerprint density at radius 1 is 1.03 bits per heavy atom. The zero-order valence-electron chi connectivity index (χ0n) is 17.7. The number of hydrogen-bond donors (Lipinski definition) is 0. The summed E-state index contributed by atoms with van der Waals surface area (Å²) in [5, 5.41) is 3.34. The Bertz CT molecular complexity index is 1200. The average Bonchev–Trinajstić information content (AvgIpc) is 3.21. The van der Waals surface area contributed by atoms with Crippen LogP contribution in [0.15, 0.2) is 35.6 Å². The summed E-state index contributed by atoms with van der Waals surface area (Å²) >= 11 is 0. The van der Waals surface area contributed by atoms with Crippen molar-refractivity contribution in [3.8, 4) is 0 Å². The number of likely N-dealkylation sites (tertiary alicyclic amines) is 1. The molecule has 0 radical (unpaired) electrons. The maximum Gasteiger partial charge on any atom is 0.435 e. The third kappa shape index (κ3) is 4.46. The maximum atomic E-state index is 15.0. The van der Waals surface area contributed by atoms with Gasteiger partial charge in [-0.15, -0.1) is 0 Å². The monoisotopic (exact) mass is 529 g/mol. The molecule has 0 saturated carbocycles. The molecule has 1 amide bonds. The van der Waals surface area contributed by atoms with Crippen molar-refractivity contribution in [2.75, 3.05) is 13.1 Å². The lowest BCUT2D eigenvalue weighted by atomic mass is 9.86. The van der Waals surface area contributed by atoms with Crippen LogP contribution >= 0.6 is 0 Å². The topological polar surface area (TPSA) is 54.8 Å². The van der Waals surface area contributed by atoms with Gasteiger partial charge >= 0.3 is 12.4 Å². The van der Waals surface area contributed by atoms with Gasteiger partial charge in [0.1, 0.15) is 6.42 Å². The van der Waals surface area contributed by atoms with Gasteiger partial charge in [0.2, 0.25) is 5.91 Å². The Kier molecular flexibility index (Phi) is 5.95. The molecule has 2 aliphatic rings. The van der Waals surface area contributed by atoms with Gasteiger partial charge in [0.05, 0.1) is 30.9 Å². The third-order valence-corrected chi connectivity index (χ3v) is 5.78. The molecule has 1 saturated heterocycles. The fraction of sp³-hybridized carbons (Fsp3) is 0.381. The highest BCUT2D eigenvalue weighted by Crippen LogP contribution is 2.49. The van der Waals surface area contributed by atoms with E-state index in [4.69, 9.17) is 0 Å². The summed E-state index contributed by atoms with van der Waals surface area (Å²) in [6.45, 7) is -1.39. The number of nitrogens with zero attached hydrogens (tertiary/aromatic N) is 3. The van der Waals surface area contributed by atoms with Crippen LogP contribution in [0.3, 0.4) is 0 Å². The minimum absolute atomic E-state index is 0.0825. The fourth-order valence-electron chi connectivity index (χ4n) is 3.86. The van der Waals surface area contributed by atoms with Crippen LogP contribution in [0.25, 0.3) is 0 Å². The van der Waals surface area contributed by atoms with Crippen molar-refractivity contribution in [1.82, 2.24) is 9.88 Å². The number of benzene rings is 1.